The van der Waals surface area contributed by atoms with Crippen LogP contribution >= 0.6 is 15.9 Å². The zero-order valence-corrected chi connectivity index (χ0v) is 11.4. The van der Waals surface area contributed by atoms with Crippen molar-refractivity contribution < 1.29 is 8.42 Å². The first-order chi connectivity index (χ1) is 6.97. The molecule has 1 aromatic rings. The average Bonchev–Trinajstić information content (AvgIpc) is 2.19. The molecule has 0 fully saturated rings. The van der Waals surface area contributed by atoms with Gasteiger partial charge in [0.1, 0.15) is 0 Å². The first-order valence-corrected chi connectivity index (χ1v) is 7.41. The lowest BCUT2D eigenvalue weighted by Gasteiger charge is -2.05. The molecule has 0 saturated heterocycles. The monoisotopic (exact) mass is 290 g/mol. The summed E-state index contributed by atoms with van der Waals surface area (Å²) in [6.07, 6.45) is 1.61. The molecule has 0 unspecified atom stereocenters. The molecule has 1 rings (SSSR count). The van der Waals surface area contributed by atoms with Gasteiger partial charge in [0.15, 0.2) is 9.84 Å². The van der Waals surface area contributed by atoms with Gasteiger partial charge >= 0.3 is 0 Å². The SMILES string of the molecule is CCCCS(=O)(=O)c1ccc(C)c(Br)c1. The lowest BCUT2D eigenvalue weighted by Crippen LogP contribution is -2.06. The fourth-order valence-electron chi connectivity index (χ4n) is 1.22. The van der Waals surface area contributed by atoms with Gasteiger partial charge in [-0.05, 0) is 31.0 Å². The van der Waals surface area contributed by atoms with Crippen LogP contribution in [0, 0.1) is 6.92 Å². The minimum Gasteiger partial charge on any atom is -0.224 e. The van der Waals surface area contributed by atoms with Crippen molar-refractivity contribution in [3.63, 3.8) is 0 Å². The van der Waals surface area contributed by atoms with E-state index >= 15 is 0 Å². The van der Waals surface area contributed by atoms with Crippen LogP contribution in [0.2, 0.25) is 0 Å². The van der Waals surface area contributed by atoms with Gasteiger partial charge < -0.3 is 0 Å². The van der Waals surface area contributed by atoms with Crippen LogP contribution in [0.15, 0.2) is 27.6 Å². The van der Waals surface area contributed by atoms with Gasteiger partial charge in [0.05, 0.1) is 10.6 Å². The number of halogens is 1. The number of hydrogen-bond donors (Lipinski definition) is 0. The molecule has 84 valence electrons. The Morgan fingerprint density at radius 3 is 2.53 bits per heavy atom. The molecule has 1 aromatic carbocycles. The van der Waals surface area contributed by atoms with Gasteiger partial charge in [-0.1, -0.05) is 35.3 Å². The van der Waals surface area contributed by atoms with Gasteiger partial charge in [0.2, 0.25) is 0 Å². The molecule has 0 bridgehead atoms. The van der Waals surface area contributed by atoms with Crippen molar-refractivity contribution in [1.29, 1.82) is 0 Å². The highest BCUT2D eigenvalue weighted by atomic mass is 79.9. The molecule has 0 atom stereocenters. The Balaban J connectivity index is 3.00. The molecular formula is C11H15BrO2S. The summed E-state index contributed by atoms with van der Waals surface area (Å²) in [5, 5.41) is 0. The summed E-state index contributed by atoms with van der Waals surface area (Å²) in [5.41, 5.74) is 1.05. The molecule has 0 heterocycles. The molecule has 0 amide bonds. The van der Waals surface area contributed by atoms with Gasteiger partial charge in [0, 0.05) is 4.47 Å². The lowest BCUT2D eigenvalue weighted by atomic mass is 10.2. The van der Waals surface area contributed by atoms with Crippen LogP contribution < -0.4 is 0 Å². The fraction of sp³-hybridized carbons (Fsp3) is 0.455. The summed E-state index contributed by atoms with van der Waals surface area (Å²) < 4.78 is 24.5. The van der Waals surface area contributed by atoms with E-state index in [4.69, 9.17) is 0 Å². The van der Waals surface area contributed by atoms with E-state index in [-0.39, 0.29) is 5.75 Å². The molecule has 0 aliphatic heterocycles. The summed E-state index contributed by atoms with van der Waals surface area (Å²) in [5.74, 6) is 0.235. The number of hydrogen-bond acceptors (Lipinski definition) is 2. The maximum absolute atomic E-state index is 11.8. The van der Waals surface area contributed by atoms with E-state index in [2.05, 4.69) is 15.9 Å². The fourth-order valence-corrected chi connectivity index (χ4v) is 3.23. The minimum atomic E-state index is -3.09. The highest BCUT2D eigenvalue weighted by molar-refractivity contribution is 9.10. The zero-order chi connectivity index (χ0) is 11.5. The standard InChI is InChI=1S/C11H15BrO2S/c1-3-4-7-15(13,14)10-6-5-9(2)11(12)8-10/h5-6,8H,3-4,7H2,1-2H3. The van der Waals surface area contributed by atoms with Gasteiger partial charge in [0.25, 0.3) is 0 Å². The second kappa shape index (κ2) is 5.12. The molecule has 0 N–H and O–H groups in total. The summed E-state index contributed by atoms with van der Waals surface area (Å²) in [6, 6.07) is 5.17. The average molecular weight is 291 g/mol. The van der Waals surface area contributed by atoms with Crippen LogP contribution in [0.4, 0.5) is 0 Å². The van der Waals surface area contributed by atoms with Gasteiger partial charge in [-0.3, -0.25) is 0 Å². The third-order valence-corrected chi connectivity index (χ3v) is 4.92. The zero-order valence-electron chi connectivity index (χ0n) is 8.96. The van der Waals surface area contributed by atoms with Crippen molar-refractivity contribution in [2.24, 2.45) is 0 Å². The predicted molar refractivity (Wildman–Crippen MR) is 65.8 cm³/mol. The van der Waals surface area contributed by atoms with Gasteiger partial charge in [-0.25, -0.2) is 8.42 Å². The highest BCUT2D eigenvalue weighted by Crippen LogP contribution is 2.21. The third-order valence-electron chi connectivity index (χ3n) is 2.27. The summed E-state index contributed by atoms with van der Waals surface area (Å²) >= 11 is 3.34. The largest absolute Gasteiger partial charge is 0.224 e. The van der Waals surface area contributed by atoms with Crippen molar-refractivity contribution in [2.45, 2.75) is 31.6 Å². The quantitative estimate of drug-likeness (QED) is 0.852. The molecule has 15 heavy (non-hydrogen) atoms. The van der Waals surface area contributed by atoms with E-state index < -0.39 is 9.84 Å². The maximum atomic E-state index is 11.8. The third kappa shape index (κ3) is 3.31. The number of benzene rings is 1. The van der Waals surface area contributed by atoms with Crippen LogP contribution in [0.25, 0.3) is 0 Å². The topological polar surface area (TPSA) is 34.1 Å². The van der Waals surface area contributed by atoms with Crippen LogP contribution in [-0.2, 0) is 9.84 Å². The van der Waals surface area contributed by atoms with Crippen molar-refractivity contribution >= 4 is 25.8 Å². The Bertz CT molecular complexity index is 438. The Hall–Kier alpha value is -0.350. The van der Waals surface area contributed by atoms with Crippen LogP contribution in [0.5, 0.6) is 0 Å². The van der Waals surface area contributed by atoms with E-state index in [1.807, 2.05) is 19.9 Å². The highest BCUT2D eigenvalue weighted by Gasteiger charge is 2.14. The number of sulfone groups is 1. The Morgan fingerprint density at radius 2 is 2.00 bits per heavy atom. The van der Waals surface area contributed by atoms with Gasteiger partial charge in [-0.2, -0.15) is 0 Å². The first kappa shape index (κ1) is 12.7. The Labute approximate surface area is 99.7 Å². The van der Waals surface area contributed by atoms with E-state index in [1.165, 1.54) is 0 Å². The normalized spacial score (nSPS) is 11.7. The number of aryl methyl sites for hydroxylation is 1. The van der Waals surface area contributed by atoms with Crippen molar-refractivity contribution in [3.05, 3.63) is 28.2 Å². The van der Waals surface area contributed by atoms with Crippen LogP contribution in [0.1, 0.15) is 25.3 Å². The summed E-state index contributed by atoms with van der Waals surface area (Å²) in [4.78, 5) is 0.411. The van der Waals surface area contributed by atoms with Crippen LogP contribution in [-0.4, -0.2) is 14.2 Å². The smallest absolute Gasteiger partial charge is 0.178 e. The molecule has 0 radical (unpaired) electrons. The molecular weight excluding hydrogens is 276 g/mol. The van der Waals surface area contributed by atoms with E-state index in [0.717, 1.165) is 16.5 Å². The van der Waals surface area contributed by atoms with E-state index in [0.29, 0.717) is 11.3 Å². The van der Waals surface area contributed by atoms with Crippen LogP contribution in [0.3, 0.4) is 0 Å². The lowest BCUT2D eigenvalue weighted by molar-refractivity contribution is 0.592. The molecule has 0 aliphatic rings. The molecule has 2 nitrogen and oxygen atoms in total. The van der Waals surface area contributed by atoms with E-state index in [9.17, 15) is 8.42 Å². The number of rotatable bonds is 4. The first-order valence-electron chi connectivity index (χ1n) is 4.96. The van der Waals surface area contributed by atoms with Crippen molar-refractivity contribution in [3.8, 4) is 0 Å². The van der Waals surface area contributed by atoms with E-state index in [1.54, 1.807) is 12.1 Å². The molecule has 0 spiro atoms. The van der Waals surface area contributed by atoms with Crippen molar-refractivity contribution in [1.82, 2.24) is 0 Å². The van der Waals surface area contributed by atoms with Crippen molar-refractivity contribution in [2.75, 3.05) is 5.75 Å². The summed E-state index contributed by atoms with van der Waals surface area (Å²) in [7, 11) is -3.09. The minimum absolute atomic E-state index is 0.235. The Morgan fingerprint density at radius 1 is 1.33 bits per heavy atom. The number of unbranched alkanes of at least 4 members (excludes halogenated alkanes) is 1. The molecule has 0 aromatic heterocycles. The second-order valence-electron chi connectivity index (χ2n) is 3.58. The van der Waals surface area contributed by atoms with Gasteiger partial charge in [-0.15, -0.1) is 0 Å². The molecule has 0 aliphatic carbocycles. The second-order valence-corrected chi connectivity index (χ2v) is 6.55. The molecule has 0 saturated carbocycles. The summed E-state index contributed by atoms with van der Waals surface area (Å²) in [6.45, 7) is 3.92. The maximum Gasteiger partial charge on any atom is 0.178 e. The Kier molecular flexibility index (Phi) is 4.34. The predicted octanol–water partition coefficient (Wildman–Crippen LogP) is 3.33. The molecule has 4 heteroatoms.